The van der Waals surface area contributed by atoms with Gasteiger partial charge in [0.25, 0.3) is 5.91 Å². The third-order valence-electron chi connectivity index (χ3n) is 4.32. The molecule has 1 atom stereocenters. The van der Waals surface area contributed by atoms with Gasteiger partial charge in [-0.2, -0.15) is 0 Å². The van der Waals surface area contributed by atoms with Gasteiger partial charge in [0.1, 0.15) is 23.6 Å². The van der Waals surface area contributed by atoms with Crippen molar-refractivity contribution in [2.75, 3.05) is 20.3 Å². The topological polar surface area (TPSA) is 67.9 Å². The molecule has 1 aliphatic rings. The number of urea groups is 1. The maximum absolute atomic E-state index is 12.8. The van der Waals surface area contributed by atoms with Gasteiger partial charge < -0.3 is 14.8 Å². The molecule has 3 rings (SSSR count). The Kier molecular flexibility index (Phi) is 5.18. The first-order valence-electron chi connectivity index (χ1n) is 8.11. The Bertz CT molecular complexity index is 825. The molecule has 1 aliphatic heterocycles. The van der Waals surface area contributed by atoms with E-state index in [1.165, 1.54) is 4.90 Å². The lowest BCUT2D eigenvalue weighted by molar-refractivity contribution is -0.131. The molecule has 0 radical (unpaired) electrons. The highest BCUT2D eigenvalue weighted by molar-refractivity contribution is 9.10. The number of methoxy groups -OCH3 is 1. The summed E-state index contributed by atoms with van der Waals surface area (Å²) in [6.45, 7) is 2.08. The van der Waals surface area contributed by atoms with Gasteiger partial charge in [0.05, 0.1) is 13.7 Å². The molecule has 6 nitrogen and oxygen atoms in total. The molecule has 0 unspecified atom stereocenters. The van der Waals surface area contributed by atoms with Crippen molar-refractivity contribution in [3.63, 3.8) is 0 Å². The van der Waals surface area contributed by atoms with Crippen molar-refractivity contribution in [1.82, 2.24) is 10.2 Å². The number of hydrogen-bond donors (Lipinski definition) is 1. The summed E-state index contributed by atoms with van der Waals surface area (Å²) in [6.07, 6.45) is 0. The molecule has 1 N–H and O–H groups in total. The summed E-state index contributed by atoms with van der Waals surface area (Å²) in [6, 6.07) is 14.0. The van der Waals surface area contributed by atoms with Crippen molar-refractivity contribution in [1.29, 1.82) is 0 Å². The maximum atomic E-state index is 12.8. The monoisotopic (exact) mass is 418 g/mol. The highest BCUT2D eigenvalue weighted by Crippen LogP contribution is 2.30. The number of amides is 3. The van der Waals surface area contributed by atoms with Crippen LogP contribution in [0.3, 0.4) is 0 Å². The zero-order valence-corrected chi connectivity index (χ0v) is 16.1. The Labute approximate surface area is 160 Å². The summed E-state index contributed by atoms with van der Waals surface area (Å²) in [5.74, 6) is 1.09. The van der Waals surface area contributed by atoms with Crippen LogP contribution in [0.25, 0.3) is 0 Å². The van der Waals surface area contributed by atoms with Crippen molar-refractivity contribution in [2.24, 2.45) is 0 Å². The summed E-state index contributed by atoms with van der Waals surface area (Å²) in [5.41, 5.74) is -0.357. The van der Waals surface area contributed by atoms with E-state index in [0.717, 1.165) is 15.8 Å². The molecule has 1 fully saturated rings. The molecule has 136 valence electrons. The Morgan fingerprint density at radius 3 is 2.46 bits per heavy atom. The summed E-state index contributed by atoms with van der Waals surface area (Å²) in [7, 11) is 1.59. The lowest BCUT2D eigenvalue weighted by Gasteiger charge is -2.22. The number of imide groups is 1. The minimum Gasteiger partial charge on any atom is -0.497 e. The zero-order valence-electron chi connectivity index (χ0n) is 14.5. The molecule has 0 bridgehead atoms. The summed E-state index contributed by atoms with van der Waals surface area (Å²) < 4.78 is 11.6. The molecule has 3 amide bonds. The van der Waals surface area contributed by atoms with Crippen LogP contribution in [0, 0.1) is 0 Å². The smallest absolute Gasteiger partial charge is 0.325 e. The first-order valence-corrected chi connectivity index (χ1v) is 8.90. The molecule has 0 aromatic heterocycles. The fourth-order valence-corrected chi connectivity index (χ4v) is 3.22. The summed E-state index contributed by atoms with van der Waals surface area (Å²) in [5, 5.41) is 2.78. The van der Waals surface area contributed by atoms with Crippen molar-refractivity contribution in [3.8, 4) is 11.5 Å². The molecular formula is C19H19BrN2O4. The van der Waals surface area contributed by atoms with E-state index in [0.29, 0.717) is 5.75 Å². The average molecular weight is 419 g/mol. The zero-order chi connectivity index (χ0) is 18.7. The van der Waals surface area contributed by atoms with E-state index in [2.05, 4.69) is 21.2 Å². The van der Waals surface area contributed by atoms with Crippen molar-refractivity contribution < 1.29 is 19.1 Å². The second-order valence-corrected chi connectivity index (χ2v) is 6.96. The molecule has 2 aromatic rings. The number of hydrogen-bond acceptors (Lipinski definition) is 4. The molecular weight excluding hydrogens is 400 g/mol. The molecule has 2 aromatic carbocycles. The molecule has 0 aliphatic carbocycles. The summed E-state index contributed by atoms with van der Waals surface area (Å²) >= 11 is 3.40. The molecule has 1 saturated heterocycles. The Hall–Kier alpha value is -2.54. The van der Waals surface area contributed by atoms with Crippen LogP contribution in [0.5, 0.6) is 11.5 Å². The van der Waals surface area contributed by atoms with E-state index in [4.69, 9.17) is 9.47 Å². The highest BCUT2D eigenvalue weighted by Gasteiger charge is 2.48. The quantitative estimate of drug-likeness (QED) is 0.730. The number of ether oxygens (including phenoxy) is 2. The van der Waals surface area contributed by atoms with Crippen molar-refractivity contribution in [3.05, 3.63) is 58.6 Å². The van der Waals surface area contributed by atoms with Gasteiger partial charge in [0.2, 0.25) is 0 Å². The van der Waals surface area contributed by atoms with Gasteiger partial charge in [-0.1, -0.05) is 28.1 Å². The van der Waals surface area contributed by atoms with Crippen LogP contribution in [0.2, 0.25) is 0 Å². The van der Waals surface area contributed by atoms with Crippen LogP contribution in [0.1, 0.15) is 12.5 Å². The highest BCUT2D eigenvalue weighted by atomic mass is 79.9. The van der Waals surface area contributed by atoms with Gasteiger partial charge in [-0.3, -0.25) is 9.69 Å². The number of halogens is 1. The van der Waals surface area contributed by atoms with E-state index >= 15 is 0 Å². The number of carbonyl (C=O) groups is 2. The van der Waals surface area contributed by atoms with Crippen LogP contribution in [-0.4, -0.2) is 37.1 Å². The predicted molar refractivity (Wildman–Crippen MR) is 100 cm³/mol. The minimum absolute atomic E-state index is 0.167. The third kappa shape index (κ3) is 3.53. The van der Waals surface area contributed by atoms with E-state index in [9.17, 15) is 9.59 Å². The number of nitrogens with zero attached hydrogens (tertiary/aromatic N) is 1. The molecule has 26 heavy (non-hydrogen) atoms. The third-order valence-corrected chi connectivity index (χ3v) is 4.81. The van der Waals surface area contributed by atoms with E-state index < -0.39 is 11.6 Å². The van der Waals surface area contributed by atoms with Crippen LogP contribution >= 0.6 is 15.9 Å². The van der Waals surface area contributed by atoms with Gasteiger partial charge in [0.15, 0.2) is 0 Å². The number of rotatable bonds is 6. The lowest BCUT2D eigenvalue weighted by Crippen LogP contribution is -2.41. The first kappa shape index (κ1) is 18.3. The Balaban J connectivity index is 1.65. The van der Waals surface area contributed by atoms with E-state index in [-0.39, 0.29) is 19.1 Å². The van der Waals surface area contributed by atoms with Gasteiger partial charge in [-0.05, 0) is 48.9 Å². The number of benzene rings is 2. The van der Waals surface area contributed by atoms with Crippen LogP contribution in [-0.2, 0) is 10.3 Å². The standard InChI is InChI=1S/C19H19BrN2O4/c1-19(13-4-3-5-14(20)12-13)17(23)22(18(24)21-19)10-11-26-16-8-6-15(25-2)7-9-16/h3-9,12H,10-11H2,1-2H3,(H,21,24)/t19-/m0/s1. The molecule has 1 heterocycles. The second kappa shape index (κ2) is 7.37. The molecule has 0 saturated carbocycles. The largest absolute Gasteiger partial charge is 0.497 e. The van der Waals surface area contributed by atoms with Gasteiger partial charge >= 0.3 is 6.03 Å². The second-order valence-electron chi connectivity index (χ2n) is 6.05. The normalized spacial score (nSPS) is 19.4. The molecule has 0 spiro atoms. The van der Waals surface area contributed by atoms with E-state index in [1.807, 2.05) is 24.3 Å². The average Bonchev–Trinajstić information content (AvgIpc) is 2.86. The van der Waals surface area contributed by atoms with Crippen LogP contribution in [0.15, 0.2) is 53.0 Å². The van der Waals surface area contributed by atoms with Gasteiger partial charge in [-0.15, -0.1) is 0 Å². The fourth-order valence-electron chi connectivity index (χ4n) is 2.82. The van der Waals surface area contributed by atoms with Gasteiger partial charge in [0, 0.05) is 4.47 Å². The van der Waals surface area contributed by atoms with Gasteiger partial charge in [-0.25, -0.2) is 4.79 Å². The summed E-state index contributed by atoms with van der Waals surface area (Å²) in [4.78, 5) is 26.3. The van der Waals surface area contributed by atoms with Crippen LogP contribution < -0.4 is 14.8 Å². The maximum Gasteiger partial charge on any atom is 0.325 e. The van der Waals surface area contributed by atoms with Crippen molar-refractivity contribution in [2.45, 2.75) is 12.5 Å². The Morgan fingerprint density at radius 1 is 1.12 bits per heavy atom. The SMILES string of the molecule is COc1ccc(OCCN2C(=O)N[C@@](C)(c3cccc(Br)c3)C2=O)cc1. The molecule has 7 heteroatoms. The van der Waals surface area contributed by atoms with Crippen molar-refractivity contribution >= 4 is 27.9 Å². The lowest BCUT2D eigenvalue weighted by atomic mass is 9.92. The Morgan fingerprint density at radius 2 is 1.81 bits per heavy atom. The first-order chi connectivity index (χ1) is 12.4. The van der Waals surface area contributed by atoms with Crippen LogP contribution in [0.4, 0.5) is 4.79 Å². The van der Waals surface area contributed by atoms with E-state index in [1.54, 1.807) is 38.3 Å². The number of carbonyl (C=O) groups excluding carboxylic acids is 2. The predicted octanol–water partition coefficient (Wildman–Crippen LogP) is 3.30. The minimum atomic E-state index is -1.08. The number of nitrogens with one attached hydrogen (secondary N) is 1. The fraction of sp³-hybridized carbons (Fsp3) is 0.263.